The number of anilines is 3. The molecule has 2 aromatic rings. The van der Waals surface area contributed by atoms with Crippen molar-refractivity contribution in [2.24, 2.45) is 0 Å². The Kier molecular flexibility index (Phi) is 5.34. The summed E-state index contributed by atoms with van der Waals surface area (Å²) in [6, 6.07) is 8.62. The molecule has 122 valence electrons. The van der Waals surface area contributed by atoms with E-state index in [-0.39, 0.29) is 0 Å². The first-order valence-electron chi connectivity index (χ1n) is 6.92. The summed E-state index contributed by atoms with van der Waals surface area (Å²) >= 11 is 12.2. The molecule has 0 aliphatic rings. The zero-order valence-corrected chi connectivity index (χ0v) is 14.5. The first-order valence-corrected chi connectivity index (χ1v) is 7.67. The molecule has 2 N–H and O–H groups in total. The Labute approximate surface area is 145 Å². The zero-order chi connectivity index (χ0) is 17.0. The van der Waals surface area contributed by atoms with Crippen LogP contribution in [0.5, 0.6) is 0 Å². The Morgan fingerprint density at radius 3 is 2.30 bits per heavy atom. The van der Waals surface area contributed by atoms with Crippen molar-refractivity contribution < 1.29 is 9.53 Å². The third kappa shape index (κ3) is 5.30. The molecule has 0 aliphatic heterocycles. The summed E-state index contributed by atoms with van der Waals surface area (Å²) < 4.78 is 5.17. The van der Waals surface area contributed by atoms with Gasteiger partial charge in [-0.25, -0.2) is 9.78 Å². The maximum absolute atomic E-state index is 11.7. The van der Waals surface area contributed by atoms with E-state index < -0.39 is 11.7 Å². The predicted molar refractivity (Wildman–Crippen MR) is 93.8 cm³/mol. The van der Waals surface area contributed by atoms with E-state index in [0.717, 1.165) is 0 Å². The molecule has 2 rings (SSSR count). The third-order valence-electron chi connectivity index (χ3n) is 2.62. The number of rotatable bonds is 3. The number of pyridine rings is 1. The molecule has 0 bridgehead atoms. The van der Waals surface area contributed by atoms with Crippen molar-refractivity contribution in [3.8, 4) is 0 Å². The van der Waals surface area contributed by atoms with Crippen LogP contribution in [0.4, 0.5) is 22.0 Å². The zero-order valence-electron chi connectivity index (χ0n) is 13.0. The van der Waals surface area contributed by atoms with E-state index in [0.29, 0.717) is 27.2 Å². The molecule has 0 fully saturated rings. The van der Waals surface area contributed by atoms with Gasteiger partial charge < -0.3 is 10.1 Å². The lowest BCUT2D eigenvalue weighted by molar-refractivity contribution is 0.0636. The van der Waals surface area contributed by atoms with Gasteiger partial charge in [-0.05, 0) is 45.0 Å². The number of carbonyl (C=O) groups is 1. The van der Waals surface area contributed by atoms with Gasteiger partial charge in [-0.2, -0.15) is 0 Å². The Bertz CT molecular complexity index is 677. The Morgan fingerprint density at radius 2 is 1.78 bits per heavy atom. The summed E-state index contributed by atoms with van der Waals surface area (Å²) in [5.74, 6) is 0.551. The van der Waals surface area contributed by atoms with Crippen LogP contribution in [0.1, 0.15) is 20.8 Å². The minimum Gasteiger partial charge on any atom is -0.444 e. The van der Waals surface area contributed by atoms with Gasteiger partial charge in [0.2, 0.25) is 0 Å². The number of ether oxygens (including phenoxy) is 1. The molecule has 5 nitrogen and oxygen atoms in total. The van der Waals surface area contributed by atoms with Crippen molar-refractivity contribution in [1.82, 2.24) is 4.98 Å². The van der Waals surface area contributed by atoms with Crippen LogP contribution in [0.2, 0.25) is 10.0 Å². The highest BCUT2D eigenvalue weighted by molar-refractivity contribution is 6.39. The molecule has 1 amide bonds. The van der Waals surface area contributed by atoms with Gasteiger partial charge in [0.25, 0.3) is 0 Å². The largest absolute Gasteiger partial charge is 0.444 e. The highest BCUT2D eigenvalue weighted by Crippen LogP contribution is 2.32. The Morgan fingerprint density at radius 1 is 1.13 bits per heavy atom. The van der Waals surface area contributed by atoms with Crippen LogP contribution in [0.15, 0.2) is 36.5 Å². The number of halogens is 2. The molecular formula is C16H17Cl2N3O2. The smallest absolute Gasteiger partial charge is 0.412 e. The van der Waals surface area contributed by atoms with E-state index in [2.05, 4.69) is 15.6 Å². The second kappa shape index (κ2) is 7.06. The lowest BCUT2D eigenvalue weighted by Crippen LogP contribution is -2.27. The first-order chi connectivity index (χ1) is 10.7. The van der Waals surface area contributed by atoms with Gasteiger partial charge in [0.1, 0.15) is 11.4 Å². The number of nitrogens with one attached hydrogen (secondary N) is 2. The second-order valence-corrected chi connectivity index (χ2v) is 6.60. The van der Waals surface area contributed by atoms with Gasteiger partial charge in [-0.15, -0.1) is 0 Å². The first kappa shape index (κ1) is 17.4. The number of benzene rings is 1. The summed E-state index contributed by atoms with van der Waals surface area (Å²) in [4.78, 5) is 15.9. The molecule has 1 heterocycles. The molecular weight excluding hydrogens is 337 g/mol. The van der Waals surface area contributed by atoms with Crippen molar-refractivity contribution in [2.45, 2.75) is 26.4 Å². The molecule has 0 saturated carbocycles. The summed E-state index contributed by atoms with van der Waals surface area (Å²) in [6.07, 6.45) is 0.978. The summed E-state index contributed by atoms with van der Waals surface area (Å²) in [5, 5.41) is 6.64. The molecule has 1 aromatic carbocycles. The number of carbonyl (C=O) groups excluding carboxylic acids is 1. The summed E-state index contributed by atoms with van der Waals surface area (Å²) in [6.45, 7) is 5.39. The SMILES string of the molecule is CC(C)(C)OC(=O)Nc1ccc(Nc2c(Cl)cccc2Cl)nc1. The van der Waals surface area contributed by atoms with Gasteiger partial charge in [-0.1, -0.05) is 29.3 Å². The van der Waals surface area contributed by atoms with Crippen molar-refractivity contribution >= 4 is 46.5 Å². The second-order valence-electron chi connectivity index (χ2n) is 5.78. The molecule has 0 radical (unpaired) electrons. The van der Waals surface area contributed by atoms with Crippen LogP contribution >= 0.6 is 23.2 Å². The normalized spacial score (nSPS) is 11.0. The van der Waals surface area contributed by atoms with E-state index in [1.54, 1.807) is 51.1 Å². The summed E-state index contributed by atoms with van der Waals surface area (Å²) in [5.41, 5.74) is 0.547. The fraction of sp³-hybridized carbons (Fsp3) is 0.250. The monoisotopic (exact) mass is 353 g/mol. The van der Waals surface area contributed by atoms with Crippen molar-refractivity contribution in [3.05, 3.63) is 46.6 Å². The van der Waals surface area contributed by atoms with Crippen LogP contribution in [0.3, 0.4) is 0 Å². The van der Waals surface area contributed by atoms with Crippen LogP contribution in [0, 0.1) is 0 Å². The minimum atomic E-state index is -0.556. The number of aromatic nitrogens is 1. The standard InChI is InChI=1S/C16H17Cl2N3O2/c1-16(2,3)23-15(22)20-10-7-8-13(19-9-10)21-14-11(17)5-4-6-12(14)18/h4-9H,1-3H3,(H,19,21)(H,20,22). The van der Waals surface area contributed by atoms with Gasteiger partial charge in [0.05, 0.1) is 27.6 Å². The van der Waals surface area contributed by atoms with E-state index in [1.807, 2.05) is 0 Å². The van der Waals surface area contributed by atoms with Crippen LogP contribution < -0.4 is 10.6 Å². The van der Waals surface area contributed by atoms with Crippen LogP contribution in [0.25, 0.3) is 0 Å². The van der Waals surface area contributed by atoms with Gasteiger partial charge in [0, 0.05) is 0 Å². The Balaban J connectivity index is 2.04. The van der Waals surface area contributed by atoms with E-state index in [9.17, 15) is 4.79 Å². The topological polar surface area (TPSA) is 63.2 Å². The average Bonchev–Trinajstić information content (AvgIpc) is 2.43. The van der Waals surface area contributed by atoms with Gasteiger partial charge in [-0.3, -0.25) is 5.32 Å². The number of hydrogen-bond acceptors (Lipinski definition) is 4. The van der Waals surface area contributed by atoms with Gasteiger partial charge >= 0.3 is 6.09 Å². The maximum Gasteiger partial charge on any atom is 0.412 e. The average molecular weight is 354 g/mol. The molecule has 0 atom stereocenters. The molecule has 23 heavy (non-hydrogen) atoms. The van der Waals surface area contributed by atoms with Crippen LogP contribution in [-0.4, -0.2) is 16.7 Å². The third-order valence-corrected chi connectivity index (χ3v) is 3.25. The highest BCUT2D eigenvalue weighted by atomic mass is 35.5. The highest BCUT2D eigenvalue weighted by Gasteiger charge is 2.16. The quantitative estimate of drug-likeness (QED) is 0.766. The molecule has 0 unspecified atom stereocenters. The minimum absolute atomic E-state index is 0.496. The van der Waals surface area contributed by atoms with Crippen molar-refractivity contribution in [1.29, 1.82) is 0 Å². The fourth-order valence-corrected chi connectivity index (χ4v) is 2.20. The van der Waals surface area contributed by atoms with Crippen molar-refractivity contribution in [2.75, 3.05) is 10.6 Å². The fourth-order valence-electron chi connectivity index (χ4n) is 1.71. The molecule has 0 aliphatic carbocycles. The summed E-state index contributed by atoms with van der Waals surface area (Å²) in [7, 11) is 0. The predicted octanol–water partition coefficient (Wildman–Crippen LogP) is 5.48. The lowest BCUT2D eigenvalue weighted by Gasteiger charge is -2.19. The lowest BCUT2D eigenvalue weighted by atomic mass is 10.2. The number of para-hydroxylation sites is 1. The van der Waals surface area contributed by atoms with E-state index >= 15 is 0 Å². The number of hydrogen-bond donors (Lipinski definition) is 2. The molecule has 1 aromatic heterocycles. The maximum atomic E-state index is 11.7. The Hall–Kier alpha value is -1.98. The molecule has 0 spiro atoms. The molecule has 7 heteroatoms. The van der Waals surface area contributed by atoms with E-state index in [1.165, 1.54) is 6.20 Å². The number of amides is 1. The number of nitrogens with zero attached hydrogens (tertiary/aromatic N) is 1. The van der Waals surface area contributed by atoms with Crippen LogP contribution in [-0.2, 0) is 4.74 Å². The van der Waals surface area contributed by atoms with Gasteiger partial charge in [0.15, 0.2) is 0 Å². The van der Waals surface area contributed by atoms with E-state index in [4.69, 9.17) is 27.9 Å². The molecule has 0 saturated heterocycles. The van der Waals surface area contributed by atoms with Crippen molar-refractivity contribution in [3.63, 3.8) is 0 Å².